The van der Waals surface area contributed by atoms with Gasteiger partial charge in [0.05, 0.1) is 12.2 Å². The predicted octanol–water partition coefficient (Wildman–Crippen LogP) is -1.27. The smallest absolute Gasteiger partial charge is 0.251 e. The lowest BCUT2D eigenvalue weighted by atomic mass is 10.2. The summed E-state index contributed by atoms with van der Waals surface area (Å²) < 4.78 is 5.24. The fourth-order valence-corrected chi connectivity index (χ4v) is 1.93. The average molecular weight is 201 g/mol. The molecule has 80 valence electrons. The fourth-order valence-electron chi connectivity index (χ4n) is 1.93. The lowest BCUT2D eigenvalue weighted by Crippen LogP contribution is -2.38. The third-order valence-corrected chi connectivity index (χ3v) is 2.78. The van der Waals surface area contributed by atoms with E-state index in [1.807, 2.05) is 0 Å². The quantitative estimate of drug-likeness (QED) is 0.555. The molecule has 5 heteroatoms. The molecule has 0 aliphatic carbocycles. The molecule has 0 bridgehead atoms. The summed E-state index contributed by atoms with van der Waals surface area (Å²) in [4.78, 5) is 13.2. The van der Waals surface area contributed by atoms with E-state index in [0.717, 1.165) is 12.8 Å². The molecule has 0 aromatic carbocycles. The van der Waals surface area contributed by atoms with Crippen molar-refractivity contribution in [3.63, 3.8) is 0 Å². The van der Waals surface area contributed by atoms with Crippen LogP contribution in [0.3, 0.4) is 0 Å². The van der Waals surface area contributed by atoms with Gasteiger partial charge in [0.1, 0.15) is 6.10 Å². The summed E-state index contributed by atoms with van der Waals surface area (Å²) in [6, 6.07) is 0. The number of ether oxygens (including phenoxy) is 1. The molecule has 5 nitrogen and oxygen atoms in total. The second kappa shape index (κ2) is 3.84. The highest BCUT2D eigenvalue weighted by Crippen LogP contribution is 2.18. The summed E-state index contributed by atoms with van der Waals surface area (Å²) in [7, 11) is 0. The largest absolute Gasteiger partial charge is 0.388 e. The third kappa shape index (κ3) is 1.75. The SMILES string of the molecule is O=C(C1CCCO1)N1CC(O)C(O)C1. The average Bonchev–Trinajstić information content (AvgIpc) is 2.76. The Morgan fingerprint density at radius 1 is 1.29 bits per heavy atom. The lowest BCUT2D eigenvalue weighted by molar-refractivity contribution is -0.140. The molecule has 2 fully saturated rings. The van der Waals surface area contributed by atoms with E-state index in [9.17, 15) is 15.0 Å². The highest BCUT2D eigenvalue weighted by Gasteiger charge is 2.36. The van der Waals surface area contributed by atoms with Crippen molar-refractivity contribution >= 4 is 5.91 Å². The Kier molecular flexibility index (Phi) is 2.71. The minimum atomic E-state index is -0.805. The molecule has 2 aliphatic rings. The summed E-state index contributed by atoms with van der Waals surface area (Å²) in [6.45, 7) is 1.08. The zero-order chi connectivity index (χ0) is 10.1. The van der Waals surface area contributed by atoms with E-state index in [4.69, 9.17) is 4.74 Å². The molecule has 2 rings (SSSR count). The normalized spacial score (nSPS) is 37.9. The van der Waals surface area contributed by atoms with Gasteiger partial charge < -0.3 is 19.8 Å². The number of β-amino-alcohol motifs (C(OH)–C–C–N with tert-alkyl or cyclic N) is 2. The van der Waals surface area contributed by atoms with Gasteiger partial charge in [-0.2, -0.15) is 0 Å². The first-order valence-corrected chi connectivity index (χ1v) is 4.95. The molecule has 3 unspecified atom stereocenters. The summed E-state index contributed by atoms with van der Waals surface area (Å²) in [5.74, 6) is -0.0990. The van der Waals surface area contributed by atoms with Crippen molar-refractivity contribution in [2.75, 3.05) is 19.7 Å². The van der Waals surface area contributed by atoms with Crippen LogP contribution in [-0.4, -0.2) is 59.0 Å². The van der Waals surface area contributed by atoms with Crippen molar-refractivity contribution in [1.29, 1.82) is 0 Å². The summed E-state index contributed by atoms with van der Waals surface area (Å²) in [6.07, 6.45) is -0.301. The van der Waals surface area contributed by atoms with Crippen LogP contribution in [0.4, 0.5) is 0 Å². The second-order valence-electron chi connectivity index (χ2n) is 3.88. The Hall–Kier alpha value is -0.650. The molecular weight excluding hydrogens is 186 g/mol. The molecule has 1 amide bonds. The van der Waals surface area contributed by atoms with E-state index in [1.165, 1.54) is 4.90 Å². The number of aliphatic hydroxyl groups is 2. The van der Waals surface area contributed by atoms with E-state index < -0.39 is 12.2 Å². The van der Waals surface area contributed by atoms with Crippen LogP contribution in [0.5, 0.6) is 0 Å². The topological polar surface area (TPSA) is 70.0 Å². The number of hydrogen-bond donors (Lipinski definition) is 2. The van der Waals surface area contributed by atoms with Crippen LogP contribution in [0.15, 0.2) is 0 Å². The summed E-state index contributed by atoms with van der Waals surface area (Å²) in [5, 5.41) is 18.6. The third-order valence-electron chi connectivity index (χ3n) is 2.78. The Morgan fingerprint density at radius 3 is 2.43 bits per heavy atom. The van der Waals surface area contributed by atoms with Crippen molar-refractivity contribution in [3.8, 4) is 0 Å². The summed E-state index contributed by atoms with van der Waals surface area (Å²) in [5.41, 5.74) is 0. The number of carbonyl (C=O) groups excluding carboxylic acids is 1. The minimum Gasteiger partial charge on any atom is -0.388 e. The molecule has 2 saturated heterocycles. The Balaban J connectivity index is 1.92. The molecule has 0 radical (unpaired) electrons. The second-order valence-corrected chi connectivity index (χ2v) is 3.88. The number of aliphatic hydroxyl groups excluding tert-OH is 2. The highest BCUT2D eigenvalue weighted by molar-refractivity contribution is 5.81. The first-order chi connectivity index (χ1) is 6.68. The minimum absolute atomic E-state index is 0.0990. The maximum absolute atomic E-state index is 11.7. The molecule has 14 heavy (non-hydrogen) atoms. The molecule has 0 spiro atoms. The Morgan fingerprint density at radius 2 is 1.93 bits per heavy atom. The maximum Gasteiger partial charge on any atom is 0.251 e. The van der Waals surface area contributed by atoms with Crippen LogP contribution in [0.2, 0.25) is 0 Å². The van der Waals surface area contributed by atoms with Gasteiger partial charge in [0.25, 0.3) is 5.91 Å². The molecule has 0 aromatic rings. The molecule has 3 atom stereocenters. The zero-order valence-electron chi connectivity index (χ0n) is 7.93. The van der Waals surface area contributed by atoms with Gasteiger partial charge in [0, 0.05) is 19.7 Å². The van der Waals surface area contributed by atoms with Crippen molar-refractivity contribution in [2.24, 2.45) is 0 Å². The lowest BCUT2D eigenvalue weighted by Gasteiger charge is -2.19. The van der Waals surface area contributed by atoms with Crippen LogP contribution in [0.25, 0.3) is 0 Å². The van der Waals surface area contributed by atoms with E-state index in [-0.39, 0.29) is 25.1 Å². The number of amides is 1. The van der Waals surface area contributed by atoms with Gasteiger partial charge in [-0.05, 0) is 12.8 Å². The Bertz CT molecular complexity index is 217. The van der Waals surface area contributed by atoms with Gasteiger partial charge in [0.15, 0.2) is 0 Å². The maximum atomic E-state index is 11.7. The number of hydrogen-bond acceptors (Lipinski definition) is 4. The van der Waals surface area contributed by atoms with E-state index in [0.29, 0.717) is 6.61 Å². The molecule has 2 heterocycles. The van der Waals surface area contributed by atoms with Gasteiger partial charge in [0.2, 0.25) is 0 Å². The molecule has 2 aliphatic heterocycles. The fraction of sp³-hybridized carbons (Fsp3) is 0.889. The Labute approximate surface area is 82.3 Å². The van der Waals surface area contributed by atoms with Crippen molar-refractivity contribution in [1.82, 2.24) is 4.90 Å². The predicted molar refractivity (Wildman–Crippen MR) is 47.6 cm³/mol. The number of rotatable bonds is 1. The zero-order valence-corrected chi connectivity index (χ0v) is 7.93. The number of nitrogens with zero attached hydrogens (tertiary/aromatic N) is 1. The van der Waals surface area contributed by atoms with Crippen LogP contribution in [-0.2, 0) is 9.53 Å². The molecular formula is C9H15NO4. The first kappa shape index (κ1) is 9.89. The van der Waals surface area contributed by atoms with Crippen LogP contribution < -0.4 is 0 Å². The van der Waals surface area contributed by atoms with E-state index in [2.05, 4.69) is 0 Å². The van der Waals surface area contributed by atoms with Gasteiger partial charge in [-0.3, -0.25) is 4.79 Å². The van der Waals surface area contributed by atoms with Crippen molar-refractivity contribution < 1.29 is 19.7 Å². The first-order valence-electron chi connectivity index (χ1n) is 4.95. The van der Waals surface area contributed by atoms with Crippen molar-refractivity contribution in [3.05, 3.63) is 0 Å². The molecule has 2 N–H and O–H groups in total. The molecule has 0 aromatic heterocycles. The monoisotopic (exact) mass is 201 g/mol. The van der Waals surface area contributed by atoms with Gasteiger partial charge in [-0.15, -0.1) is 0 Å². The van der Waals surface area contributed by atoms with Crippen LogP contribution in [0.1, 0.15) is 12.8 Å². The van der Waals surface area contributed by atoms with Crippen LogP contribution in [0, 0.1) is 0 Å². The van der Waals surface area contributed by atoms with Gasteiger partial charge in [-0.25, -0.2) is 0 Å². The van der Waals surface area contributed by atoms with E-state index in [1.54, 1.807) is 0 Å². The van der Waals surface area contributed by atoms with Crippen LogP contribution >= 0.6 is 0 Å². The summed E-state index contributed by atoms with van der Waals surface area (Å²) >= 11 is 0. The standard InChI is InChI=1S/C9H15NO4/c11-6-4-10(5-7(6)12)9(13)8-2-1-3-14-8/h6-8,11-12H,1-5H2. The highest BCUT2D eigenvalue weighted by atomic mass is 16.5. The van der Waals surface area contributed by atoms with E-state index >= 15 is 0 Å². The van der Waals surface area contributed by atoms with Crippen molar-refractivity contribution in [2.45, 2.75) is 31.2 Å². The van der Waals surface area contributed by atoms with Gasteiger partial charge in [-0.1, -0.05) is 0 Å². The number of likely N-dealkylation sites (tertiary alicyclic amines) is 1. The molecule has 0 saturated carbocycles. The number of carbonyl (C=O) groups is 1. The van der Waals surface area contributed by atoms with Gasteiger partial charge >= 0.3 is 0 Å².